The number of aliphatic carboxylic acids is 1. The average Bonchev–Trinajstić information content (AvgIpc) is 2.62. The summed E-state index contributed by atoms with van der Waals surface area (Å²) in [5, 5.41) is 10.8. The number of carboxylic acids is 1. The van der Waals surface area contributed by atoms with E-state index in [0.29, 0.717) is 0 Å². The minimum Gasteiger partial charge on any atom is -0.481 e. The van der Waals surface area contributed by atoms with Crippen LogP contribution in [0.2, 0.25) is 0 Å². The predicted molar refractivity (Wildman–Crippen MR) is 52.0 cm³/mol. The van der Waals surface area contributed by atoms with Gasteiger partial charge < -0.3 is 10.4 Å². The fraction of sp³-hybridized carbons (Fsp3) is 0.800. The number of alkyl halides is 2. The first-order valence-corrected chi connectivity index (χ1v) is 4.97. The van der Waals surface area contributed by atoms with E-state index in [1.54, 1.807) is 20.8 Å². The Labute approximate surface area is 92.0 Å². The van der Waals surface area contributed by atoms with Crippen LogP contribution in [-0.2, 0) is 9.59 Å². The van der Waals surface area contributed by atoms with Crippen LogP contribution >= 0.6 is 0 Å². The Hall–Kier alpha value is -1.20. The Bertz CT molecular complexity index is 323. The maximum Gasteiger partial charge on any atom is 0.313 e. The van der Waals surface area contributed by atoms with Crippen LogP contribution in [0.1, 0.15) is 20.8 Å². The van der Waals surface area contributed by atoms with Crippen LogP contribution in [0.15, 0.2) is 0 Å². The third kappa shape index (κ3) is 2.31. The van der Waals surface area contributed by atoms with Crippen LogP contribution in [0.4, 0.5) is 8.78 Å². The van der Waals surface area contributed by atoms with Crippen molar-refractivity contribution in [1.29, 1.82) is 0 Å². The van der Waals surface area contributed by atoms with Crippen molar-refractivity contribution >= 4 is 11.9 Å². The molecule has 0 heterocycles. The Balaban J connectivity index is 2.48. The van der Waals surface area contributed by atoms with Crippen LogP contribution in [0, 0.1) is 17.3 Å². The smallest absolute Gasteiger partial charge is 0.313 e. The van der Waals surface area contributed by atoms with Crippen LogP contribution in [-0.4, -0.2) is 29.5 Å². The third-order valence-corrected chi connectivity index (χ3v) is 2.63. The zero-order chi connectivity index (χ0) is 12.7. The van der Waals surface area contributed by atoms with E-state index >= 15 is 0 Å². The highest BCUT2D eigenvalue weighted by molar-refractivity contribution is 5.82. The number of carbonyl (C=O) groups is 2. The third-order valence-electron chi connectivity index (χ3n) is 2.63. The SMILES string of the molecule is CC(C)(C)C(=O)NC[C@@H]1[C@H](C(=O)O)C1(F)F. The summed E-state index contributed by atoms with van der Waals surface area (Å²) >= 11 is 0. The number of nitrogens with one attached hydrogen (secondary N) is 1. The first-order valence-electron chi connectivity index (χ1n) is 4.97. The van der Waals surface area contributed by atoms with Gasteiger partial charge in [0.05, 0.1) is 5.92 Å². The standard InChI is InChI=1S/C10H15F2NO3/c1-9(2,3)8(16)13-4-5-6(7(14)15)10(5,11)12/h5-6H,4H2,1-3H3,(H,13,16)(H,14,15)/t5-,6-/m1/s1. The minimum absolute atomic E-state index is 0.292. The molecule has 4 nitrogen and oxygen atoms in total. The molecule has 1 amide bonds. The van der Waals surface area contributed by atoms with E-state index < -0.39 is 29.1 Å². The number of hydrogen-bond acceptors (Lipinski definition) is 2. The number of carbonyl (C=O) groups excluding carboxylic acids is 1. The Morgan fingerprint density at radius 3 is 2.19 bits per heavy atom. The molecular formula is C10H15F2NO3. The summed E-state index contributed by atoms with van der Waals surface area (Å²) in [5.74, 6) is -8.01. The van der Waals surface area contributed by atoms with E-state index in [2.05, 4.69) is 5.32 Å². The van der Waals surface area contributed by atoms with Gasteiger partial charge in [-0.25, -0.2) is 8.78 Å². The molecule has 1 aliphatic carbocycles. The molecule has 92 valence electrons. The minimum atomic E-state index is -3.20. The number of hydrogen-bond donors (Lipinski definition) is 2. The van der Waals surface area contributed by atoms with Gasteiger partial charge >= 0.3 is 5.97 Å². The molecule has 0 aromatic rings. The summed E-state index contributed by atoms with van der Waals surface area (Å²) in [7, 11) is 0. The molecule has 1 saturated carbocycles. The predicted octanol–water partition coefficient (Wildman–Crippen LogP) is 1.11. The Morgan fingerprint density at radius 2 is 1.88 bits per heavy atom. The molecule has 0 bridgehead atoms. The number of amides is 1. The zero-order valence-electron chi connectivity index (χ0n) is 9.38. The van der Waals surface area contributed by atoms with Gasteiger partial charge in [-0.15, -0.1) is 0 Å². The molecule has 6 heteroatoms. The molecule has 0 radical (unpaired) electrons. The van der Waals surface area contributed by atoms with Gasteiger partial charge in [0, 0.05) is 12.0 Å². The van der Waals surface area contributed by atoms with Crippen molar-refractivity contribution in [2.75, 3.05) is 6.54 Å². The van der Waals surface area contributed by atoms with Crippen LogP contribution in [0.25, 0.3) is 0 Å². The van der Waals surface area contributed by atoms with Crippen molar-refractivity contribution < 1.29 is 23.5 Å². The second kappa shape index (κ2) is 3.68. The molecule has 1 aliphatic rings. The zero-order valence-corrected chi connectivity index (χ0v) is 9.38. The lowest BCUT2D eigenvalue weighted by Crippen LogP contribution is -2.36. The van der Waals surface area contributed by atoms with Crippen molar-refractivity contribution in [2.24, 2.45) is 17.3 Å². The number of rotatable bonds is 3. The molecule has 0 saturated heterocycles. The molecule has 0 spiro atoms. The van der Waals surface area contributed by atoms with E-state index in [-0.39, 0.29) is 12.5 Å². The molecule has 0 aromatic heterocycles. The van der Waals surface area contributed by atoms with Crippen molar-refractivity contribution in [2.45, 2.75) is 26.7 Å². The van der Waals surface area contributed by atoms with Crippen molar-refractivity contribution in [3.05, 3.63) is 0 Å². The summed E-state index contributed by atoms with van der Waals surface area (Å²) in [6.07, 6.45) is 0. The van der Waals surface area contributed by atoms with E-state index in [9.17, 15) is 18.4 Å². The summed E-state index contributed by atoms with van der Waals surface area (Å²) in [6.45, 7) is 4.67. The van der Waals surface area contributed by atoms with Gasteiger partial charge in [0.15, 0.2) is 0 Å². The highest BCUT2D eigenvalue weighted by Gasteiger charge is 2.72. The first-order chi connectivity index (χ1) is 7.08. The summed E-state index contributed by atoms with van der Waals surface area (Å²) in [4.78, 5) is 21.8. The summed E-state index contributed by atoms with van der Waals surface area (Å²) in [5.41, 5.74) is -0.664. The largest absolute Gasteiger partial charge is 0.481 e. The van der Waals surface area contributed by atoms with Gasteiger partial charge in [0.2, 0.25) is 5.91 Å². The number of halogens is 2. The first kappa shape index (κ1) is 12.9. The van der Waals surface area contributed by atoms with E-state index in [1.165, 1.54) is 0 Å². The van der Waals surface area contributed by atoms with Crippen LogP contribution in [0.5, 0.6) is 0 Å². The van der Waals surface area contributed by atoms with E-state index in [4.69, 9.17) is 5.11 Å². The Morgan fingerprint density at radius 1 is 1.38 bits per heavy atom. The van der Waals surface area contributed by atoms with Gasteiger partial charge in [-0.3, -0.25) is 9.59 Å². The van der Waals surface area contributed by atoms with Crippen molar-refractivity contribution in [3.63, 3.8) is 0 Å². The van der Waals surface area contributed by atoms with Crippen LogP contribution in [0.3, 0.4) is 0 Å². The van der Waals surface area contributed by atoms with Gasteiger partial charge in [0.1, 0.15) is 5.92 Å². The molecule has 0 unspecified atom stereocenters. The normalized spacial score (nSPS) is 27.3. The lowest BCUT2D eigenvalue weighted by molar-refractivity contribution is -0.141. The summed E-state index contributed by atoms with van der Waals surface area (Å²) < 4.78 is 25.9. The monoisotopic (exact) mass is 235 g/mol. The second-order valence-corrected chi connectivity index (χ2v) is 5.06. The van der Waals surface area contributed by atoms with E-state index in [0.717, 1.165) is 0 Å². The van der Waals surface area contributed by atoms with Crippen molar-refractivity contribution in [3.8, 4) is 0 Å². The molecular weight excluding hydrogens is 220 g/mol. The molecule has 16 heavy (non-hydrogen) atoms. The molecule has 0 aromatic carbocycles. The maximum absolute atomic E-state index is 12.9. The average molecular weight is 235 g/mol. The van der Waals surface area contributed by atoms with Gasteiger partial charge in [0.25, 0.3) is 5.92 Å². The highest BCUT2D eigenvalue weighted by Crippen LogP contribution is 2.54. The Kier molecular flexibility index (Phi) is 2.96. The van der Waals surface area contributed by atoms with Gasteiger partial charge in [-0.1, -0.05) is 20.8 Å². The number of carboxylic acid groups (broad SMARTS) is 1. The molecule has 1 fully saturated rings. The van der Waals surface area contributed by atoms with Gasteiger partial charge in [-0.2, -0.15) is 0 Å². The van der Waals surface area contributed by atoms with Crippen molar-refractivity contribution in [1.82, 2.24) is 5.32 Å². The quantitative estimate of drug-likeness (QED) is 0.770. The second-order valence-electron chi connectivity index (χ2n) is 5.06. The topological polar surface area (TPSA) is 66.4 Å². The lowest BCUT2D eigenvalue weighted by atomic mass is 9.96. The summed E-state index contributed by atoms with van der Waals surface area (Å²) in [6, 6.07) is 0. The fourth-order valence-corrected chi connectivity index (χ4v) is 1.45. The maximum atomic E-state index is 12.9. The molecule has 2 N–H and O–H groups in total. The molecule has 1 rings (SSSR count). The lowest BCUT2D eigenvalue weighted by Gasteiger charge is -2.17. The van der Waals surface area contributed by atoms with Gasteiger partial charge in [-0.05, 0) is 0 Å². The molecule has 2 atom stereocenters. The van der Waals surface area contributed by atoms with Crippen LogP contribution < -0.4 is 5.32 Å². The molecule has 0 aliphatic heterocycles. The fourth-order valence-electron chi connectivity index (χ4n) is 1.45. The van der Waals surface area contributed by atoms with E-state index in [1.807, 2.05) is 0 Å². The highest BCUT2D eigenvalue weighted by atomic mass is 19.3.